The molecular weight excluding hydrogens is 529 g/mol. The van der Waals surface area contributed by atoms with Crippen molar-refractivity contribution in [3.8, 4) is 6.07 Å². The minimum Gasteiger partial charge on any atom is -0.468 e. The van der Waals surface area contributed by atoms with Crippen molar-refractivity contribution in [2.24, 2.45) is 0 Å². The fourth-order valence-electron chi connectivity index (χ4n) is 4.01. The summed E-state index contributed by atoms with van der Waals surface area (Å²) in [4.78, 5) is 25.9. The van der Waals surface area contributed by atoms with Crippen LogP contribution < -0.4 is 16.0 Å². The lowest BCUT2D eigenvalue weighted by Crippen LogP contribution is -2.31. The van der Waals surface area contributed by atoms with Gasteiger partial charge in [-0.25, -0.2) is 0 Å². The molecule has 0 radical (unpaired) electrons. The number of furan rings is 1. The van der Waals surface area contributed by atoms with Crippen LogP contribution in [0.25, 0.3) is 0 Å². The van der Waals surface area contributed by atoms with E-state index in [0.717, 1.165) is 29.5 Å². The molecule has 3 N–H and O–H groups in total. The number of benzene rings is 2. The highest BCUT2D eigenvalue weighted by Crippen LogP contribution is 2.41. The second kappa shape index (κ2) is 11.5. The zero-order valence-electron chi connectivity index (χ0n) is 20.8. The van der Waals surface area contributed by atoms with E-state index in [4.69, 9.17) is 4.42 Å². The van der Waals surface area contributed by atoms with Crippen molar-refractivity contribution in [1.29, 1.82) is 5.26 Å². The summed E-state index contributed by atoms with van der Waals surface area (Å²) in [5, 5.41) is 18.8. The van der Waals surface area contributed by atoms with E-state index in [9.17, 15) is 28.0 Å². The first kappa shape index (κ1) is 27.6. The quantitative estimate of drug-likeness (QED) is 0.317. The minimum atomic E-state index is -4.58. The summed E-state index contributed by atoms with van der Waals surface area (Å²) in [6.07, 6.45) is -3.18. The molecule has 1 unspecified atom stereocenters. The number of nitrogens with zero attached hydrogens (tertiary/aromatic N) is 1. The average Bonchev–Trinajstić information content (AvgIpc) is 3.42. The summed E-state index contributed by atoms with van der Waals surface area (Å²) in [5.74, 6) is -1.66. The fraction of sp³-hybridized carbons (Fsp3) is 0.179. The van der Waals surface area contributed by atoms with Gasteiger partial charge < -0.3 is 20.4 Å². The van der Waals surface area contributed by atoms with Gasteiger partial charge in [0, 0.05) is 17.1 Å². The molecule has 1 aromatic heterocycles. The maximum Gasteiger partial charge on any atom is 0.416 e. The Balaban J connectivity index is 1.58. The molecule has 0 fully saturated rings. The van der Waals surface area contributed by atoms with Crippen LogP contribution in [-0.4, -0.2) is 17.6 Å². The van der Waals surface area contributed by atoms with Gasteiger partial charge in [-0.3, -0.25) is 9.59 Å². The average molecular weight is 553 g/mol. The third-order valence-corrected chi connectivity index (χ3v) is 6.87. The number of thioether (sulfide) groups is 1. The first-order valence-electron chi connectivity index (χ1n) is 11.7. The van der Waals surface area contributed by atoms with Crippen molar-refractivity contribution in [3.05, 3.63) is 106 Å². The van der Waals surface area contributed by atoms with E-state index >= 15 is 0 Å². The number of allylic oxidation sites excluding steroid dienone is 2. The Hall–Kier alpha value is -4.43. The van der Waals surface area contributed by atoms with Crippen LogP contribution in [0.15, 0.2) is 93.2 Å². The Morgan fingerprint density at radius 3 is 2.44 bits per heavy atom. The summed E-state index contributed by atoms with van der Waals surface area (Å²) in [5.41, 5.74) is 1.33. The number of aryl methyl sites for hydroxylation is 1. The second-order valence-electron chi connectivity index (χ2n) is 8.70. The number of nitriles is 1. The van der Waals surface area contributed by atoms with Crippen molar-refractivity contribution < 1.29 is 27.2 Å². The zero-order valence-corrected chi connectivity index (χ0v) is 21.7. The number of halogens is 3. The van der Waals surface area contributed by atoms with E-state index < -0.39 is 23.6 Å². The third kappa shape index (κ3) is 6.53. The van der Waals surface area contributed by atoms with Gasteiger partial charge in [0.2, 0.25) is 5.91 Å². The Bertz CT molecular complexity index is 1490. The van der Waals surface area contributed by atoms with E-state index in [-0.39, 0.29) is 28.5 Å². The largest absolute Gasteiger partial charge is 0.468 e. The number of hydrogen-bond acceptors (Lipinski definition) is 6. The Morgan fingerprint density at radius 2 is 1.79 bits per heavy atom. The Kier molecular flexibility index (Phi) is 8.16. The van der Waals surface area contributed by atoms with Crippen LogP contribution in [0.2, 0.25) is 0 Å². The topological polar surface area (TPSA) is 107 Å². The van der Waals surface area contributed by atoms with Crippen LogP contribution in [0.4, 0.5) is 24.5 Å². The van der Waals surface area contributed by atoms with Crippen molar-refractivity contribution in [2.75, 3.05) is 16.4 Å². The minimum absolute atomic E-state index is 0.0225. The molecule has 200 valence electrons. The predicted octanol–water partition coefficient (Wildman–Crippen LogP) is 6.31. The maximum atomic E-state index is 13.4. The number of dihydropyridines is 1. The normalized spacial score (nSPS) is 15.4. The molecule has 2 heterocycles. The molecule has 7 nitrogen and oxygen atoms in total. The van der Waals surface area contributed by atoms with E-state index in [1.54, 1.807) is 31.2 Å². The van der Waals surface area contributed by atoms with Crippen LogP contribution in [0, 0.1) is 18.3 Å². The van der Waals surface area contributed by atoms with Crippen LogP contribution >= 0.6 is 11.8 Å². The van der Waals surface area contributed by atoms with Crippen LogP contribution in [0.1, 0.15) is 29.7 Å². The molecule has 2 aromatic carbocycles. The standard InChI is InChI=1S/C28H23F3N4O3S/c1-16-8-10-19(11-9-16)34-23(36)15-39-27-21(14-32)25(22-7-4-12-38-22)24(17(2)33-27)26(37)35-20-6-3-5-18(13-20)28(29,30)31/h3-13,25,33H,15H2,1-2H3,(H,34,36)(H,35,37). The highest BCUT2D eigenvalue weighted by molar-refractivity contribution is 8.03. The lowest BCUT2D eigenvalue weighted by atomic mass is 9.85. The molecule has 0 saturated carbocycles. The lowest BCUT2D eigenvalue weighted by Gasteiger charge is -2.28. The van der Waals surface area contributed by atoms with Crippen molar-refractivity contribution in [2.45, 2.75) is 25.9 Å². The van der Waals surface area contributed by atoms with Crippen molar-refractivity contribution in [1.82, 2.24) is 5.32 Å². The number of carbonyl (C=O) groups excluding carboxylic acids is 2. The number of anilines is 2. The van der Waals surface area contributed by atoms with Gasteiger partial charge in [-0.1, -0.05) is 35.5 Å². The number of carbonyl (C=O) groups is 2. The third-order valence-electron chi connectivity index (χ3n) is 5.85. The molecular formula is C28H23F3N4O3S. The number of alkyl halides is 3. The van der Waals surface area contributed by atoms with E-state index in [2.05, 4.69) is 22.0 Å². The smallest absolute Gasteiger partial charge is 0.416 e. The molecule has 0 bridgehead atoms. The van der Waals surface area contributed by atoms with Gasteiger partial charge in [0.05, 0.1) is 45.7 Å². The summed E-state index contributed by atoms with van der Waals surface area (Å²) >= 11 is 1.09. The highest BCUT2D eigenvalue weighted by atomic mass is 32.2. The molecule has 11 heteroatoms. The van der Waals surface area contributed by atoms with Gasteiger partial charge in [0.15, 0.2) is 0 Å². The first-order valence-corrected chi connectivity index (χ1v) is 12.7. The van der Waals surface area contributed by atoms with Gasteiger partial charge in [-0.15, -0.1) is 0 Å². The molecule has 1 aliphatic rings. The van der Waals surface area contributed by atoms with Gasteiger partial charge in [-0.2, -0.15) is 18.4 Å². The van der Waals surface area contributed by atoms with Crippen LogP contribution in [-0.2, 0) is 15.8 Å². The maximum absolute atomic E-state index is 13.4. The monoisotopic (exact) mass is 552 g/mol. The summed E-state index contributed by atoms with van der Waals surface area (Å²) in [7, 11) is 0. The first-order chi connectivity index (χ1) is 18.6. The van der Waals surface area contributed by atoms with Gasteiger partial charge in [0.25, 0.3) is 5.91 Å². The summed E-state index contributed by atoms with van der Waals surface area (Å²) in [6.45, 7) is 3.55. The summed E-state index contributed by atoms with van der Waals surface area (Å²) in [6, 6.07) is 16.9. The molecule has 39 heavy (non-hydrogen) atoms. The van der Waals surface area contributed by atoms with E-state index in [1.165, 1.54) is 18.4 Å². The number of hydrogen-bond donors (Lipinski definition) is 3. The number of rotatable bonds is 7. The summed E-state index contributed by atoms with van der Waals surface area (Å²) < 4.78 is 45.0. The molecule has 0 aliphatic carbocycles. The van der Waals surface area contributed by atoms with E-state index in [1.807, 2.05) is 19.1 Å². The highest BCUT2D eigenvalue weighted by Gasteiger charge is 2.37. The van der Waals surface area contributed by atoms with Crippen LogP contribution in [0.3, 0.4) is 0 Å². The fourth-order valence-corrected chi connectivity index (χ4v) is 4.90. The molecule has 4 rings (SSSR count). The van der Waals surface area contributed by atoms with Crippen molar-refractivity contribution in [3.63, 3.8) is 0 Å². The Morgan fingerprint density at radius 1 is 1.05 bits per heavy atom. The molecule has 1 atom stereocenters. The molecule has 0 saturated heterocycles. The van der Waals surface area contributed by atoms with Gasteiger partial charge in [-0.05, 0) is 56.3 Å². The second-order valence-corrected chi connectivity index (χ2v) is 9.69. The SMILES string of the molecule is CC1=C(C(=O)Nc2cccc(C(F)(F)F)c2)C(c2ccco2)C(C#N)=C(SCC(=O)Nc2ccc(C)cc2)N1. The molecule has 2 amide bonds. The number of amides is 2. The molecule has 3 aromatic rings. The molecule has 0 spiro atoms. The van der Waals surface area contributed by atoms with Gasteiger partial charge >= 0.3 is 6.18 Å². The van der Waals surface area contributed by atoms with Crippen molar-refractivity contribution >= 4 is 35.0 Å². The van der Waals surface area contributed by atoms with Crippen LogP contribution in [0.5, 0.6) is 0 Å². The zero-order chi connectivity index (χ0) is 28.2. The van der Waals surface area contributed by atoms with E-state index in [0.29, 0.717) is 22.2 Å². The molecule has 1 aliphatic heterocycles. The lowest BCUT2D eigenvalue weighted by molar-refractivity contribution is -0.137. The Labute approximate surface area is 226 Å². The van der Waals surface area contributed by atoms with Gasteiger partial charge in [0.1, 0.15) is 5.76 Å². The number of nitrogens with one attached hydrogen (secondary N) is 3. The predicted molar refractivity (Wildman–Crippen MR) is 142 cm³/mol.